The number of rotatable bonds is 7. The zero-order chi connectivity index (χ0) is 25.2. The van der Waals surface area contributed by atoms with Gasteiger partial charge in [-0.25, -0.2) is 9.37 Å². The van der Waals surface area contributed by atoms with Crippen molar-refractivity contribution in [2.24, 2.45) is 0 Å². The van der Waals surface area contributed by atoms with Gasteiger partial charge in [0.25, 0.3) is 0 Å². The topological polar surface area (TPSA) is 99.6 Å². The van der Waals surface area contributed by atoms with Gasteiger partial charge in [0.2, 0.25) is 5.91 Å². The molecule has 38 heavy (non-hydrogen) atoms. The molecule has 2 aliphatic heterocycles. The molecule has 2 aromatic heterocycles. The predicted molar refractivity (Wildman–Crippen MR) is 153 cm³/mol. The number of halogens is 4. The first-order chi connectivity index (χ1) is 17.4. The summed E-state index contributed by atoms with van der Waals surface area (Å²) < 4.78 is 19.7. The van der Waals surface area contributed by atoms with Gasteiger partial charge in [-0.15, -0.1) is 36.6 Å². The van der Waals surface area contributed by atoms with Gasteiger partial charge < -0.3 is 25.4 Å². The number of pyridine rings is 2. The SMILES string of the molecule is COc1cc(F)c2ncc(Cl)c(CCN3CC[C@H](NCc4ccc5c(n4)NC(=O)CS5)[C@@H](O)C3)c2c1.Cl.Cl. The molecule has 0 bridgehead atoms. The molecule has 13 heteroatoms. The van der Waals surface area contributed by atoms with E-state index in [-0.39, 0.29) is 42.3 Å². The van der Waals surface area contributed by atoms with Crippen LogP contribution in [0, 0.1) is 5.82 Å². The molecule has 5 rings (SSSR count). The first-order valence-electron chi connectivity index (χ1n) is 11.8. The molecule has 4 heterocycles. The van der Waals surface area contributed by atoms with Crippen molar-refractivity contribution < 1.29 is 19.0 Å². The second-order valence-electron chi connectivity index (χ2n) is 8.97. The van der Waals surface area contributed by atoms with Crippen molar-refractivity contribution >= 4 is 70.8 Å². The number of thioether (sulfide) groups is 1. The quantitative estimate of drug-likeness (QED) is 0.371. The molecular weight excluding hydrogens is 576 g/mol. The summed E-state index contributed by atoms with van der Waals surface area (Å²) in [6.45, 7) is 2.49. The average Bonchev–Trinajstić information content (AvgIpc) is 2.87. The Bertz CT molecular complexity index is 1300. The zero-order valence-corrected chi connectivity index (χ0v) is 23.8. The molecular formula is C25H29Cl3FN5O3S. The van der Waals surface area contributed by atoms with Gasteiger partial charge in [-0.05, 0) is 43.1 Å². The van der Waals surface area contributed by atoms with Gasteiger partial charge in [-0.1, -0.05) is 11.6 Å². The minimum absolute atomic E-state index is 0. The minimum Gasteiger partial charge on any atom is -0.497 e. The molecule has 0 unspecified atom stereocenters. The fraction of sp³-hybridized carbons (Fsp3) is 0.400. The molecule has 0 spiro atoms. The van der Waals surface area contributed by atoms with E-state index in [0.29, 0.717) is 53.8 Å². The van der Waals surface area contributed by atoms with Crippen molar-refractivity contribution in [1.82, 2.24) is 20.2 Å². The maximum Gasteiger partial charge on any atom is 0.235 e. The fourth-order valence-corrected chi connectivity index (χ4v) is 5.68. The molecule has 1 amide bonds. The summed E-state index contributed by atoms with van der Waals surface area (Å²) in [6.07, 6.45) is 2.30. The summed E-state index contributed by atoms with van der Waals surface area (Å²) in [7, 11) is 1.50. The number of ether oxygens (including phenoxy) is 1. The number of amides is 1. The number of benzene rings is 1. The lowest BCUT2D eigenvalue weighted by molar-refractivity contribution is -0.113. The van der Waals surface area contributed by atoms with Crippen molar-refractivity contribution in [2.75, 3.05) is 37.8 Å². The van der Waals surface area contributed by atoms with E-state index in [1.807, 2.05) is 12.1 Å². The van der Waals surface area contributed by atoms with Gasteiger partial charge >= 0.3 is 0 Å². The predicted octanol–water partition coefficient (Wildman–Crippen LogP) is 4.09. The maximum absolute atomic E-state index is 14.5. The van der Waals surface area contributed by atoms with Gasteiger partial charge in [-0.3, -0.25) is 9.78 Å². The maximum atomic E-state index is 14.5. The smallest absolute Gasteiger partial charge is 0.235 e. The average molecular weight is 605 g/mol. The molecule has 1 aromatic carbocycles. The molecule has 206 valence electrons. The van der Waals surface area contributed by atoms with E-state index in [1.165, 1.54) is 31.1 Å². The number of β-amino-alcohol motifs (C(OH)–C–C–N with tert-alkyl or cyclic N) is 1. The number of likely N-dealkylation sites (tertiary alicyclic amines) is 1. The van der Waals surface area contributed by atoms with Crippen molar-refractivity contribution in [2.45, 2.75) is 36.4 Å². The van der Waals surface area contributed by atoms with Crippen LogP contribution in [0.1, 0.15) is 17.7 Å². The Labute approximate surface area is 241 Å². The third-order valence-electron chi connectivity index (χ3n) is 6.61. The number of methoxy groups -OCH3 is 1. The molecule has 1 saturated heterocycles. The van der Waals surface area contributed by atoms with E-state index < -0.39 is 11.9 Å². The summed E-state index contributed by atoms with van der Waals surface area (Å²) in [5.74, 6) is 0.941. The Morgan fingerprint density at radius 2 is 2.16 bits per heavy atom. The normalized spacial score (nSPS) is 19.2. The molecule has 3 N–H and O–H groups in total. The van der Waals surface area contributed by atoms with Crippen LogP contribution in [0.4, 0.5) is 10.2 Å². The van der Waals surface area contributed by atoms with E-state index in [4.69, 9.17) is 16.3 Å². The Morgan fingerprint density at radius 3 is 2.92 bits per heavy atom. The number of piperidine rings is 1. The van der Waals surface area contributed by atoms with Crippen molar-refractivity contribution in [1.29, 1.82) is 0 Å². The number of aromatic nitrogens is 2. The number of aliphatic hydroxyl groups excluding tert-OH is 1. The van der Waals surface area contributed by atoms with Crippen LogP contribution < -0.4 is 15.4 Å². The largest absolute Gasteiger partial charge is 0.497 e. The van der Waals surface area contributed by atoms with Gasteiger partial charge in [0.15, 0.2) is 5.82 Å². The van der Waals surface area contributed by atoms with Crippen LogP contribution in [0.25, 0.3) is 10.9 Å². The Kier molecular flexibility index (Phi) is 10.8. The third-order valence-corrected chi connectivity index (χ3v) is 7.99. The van der Waals surface area contributed by atoms with E-state index in [2.05, 4.69) is 25.5 Å². The summed E-state index contributed by atoms with van der Waals surface area (Å²) >= 11 is 7.92. The van der Waals surface area contributed by atoms with Crippen molar-refractivity contribution in [3.05, 3.63) is 52.6 Å². The van der Waals surface area contributed by atoms with E-state index >= 15 is 0 Å². The summed E-state index contributed by atoms with van der Waals surface area (Å²) in [5, 5.41) is 18.1. The van der Waals surface area contributed by atoms with Gasteiger partial charge in [0.1, 0.15) is 17.1 Å². The molecule has 1 fully saturated rings. The van der Waals surface area contributed by atoms with E-state index in [0.717, 1.165) is 29.1 Å². The van der Waals surface area contributed by atoms with Crippen LogP contribution in [-0.2, 0) is 17.8 Å². The number of hydrogen-bond donors (Lipinski definition) is 3. The number of fused-ring (bicyclic) bond motifs is 2. The summed E-state index contributed by atoms with van der Waals surface area (Å²) in [5.41, 5.74) is 1.90. The lowest BCUT2D eigenvalue weighted by Crippen LogP contribution is -2.52. The molecule has 0 radical (unpaired) electrons. The van der Waals surface area contributed by atoms with Gasteiger partial charge in [0, 0.05) is 43.3 Å². The van der Waals surface area contributed by atoms with Crippen LogP contribution in [-0.4, -0.2) is 70.5 Å². The lowest BCUT2D eigenvalue weighted by atomic mass is 10.00. The van der Waals surface area contributed by atoms with Gasteiger partial charge in [-0.2, -0.15) is 0 Å². The number of nitrogens with zero attached hydrogens (tertiary/aromatic N) is 3. The second-order valence-corrected chi connectivity index (χ2v) is 10.4. The molecule has 0 saturated carbocycles. The van der Waals surface area contributed by atoms with Crippen molar-refractivity contribution in [3.63, 3.8) is 0 Å². The highest BCUT2D eigenvalue weighted by atomic mass is 35.5. The fourth-order valence-electron chi connectivity index (χ4n) is 4.68. The highest BCUT2D eigenvalue weighted by molar-refractivity contribution is 8.00. The second kappa shape index (κ2) is 13.4. The van der Waals surface area contributed by atoms with Crippen LogP contribution in [0.5, 0.6) is 5.75 Å². The van der Waals surface area contributed by atoms with Crippen LogP contribution in [0.2, 0.25) is 5.02 Å². The Morgan fingerprint density at radius 1 is 1.34 bits per heavy atom. The van der Waals surface area contributed by atoms with Gasteiger partial charge in [0.05, 0.1) is 34.6 Å². The standard InChI is InChI=1S/C25H27ClFN5O3S.2ClH/c1-35-15-8-17-16(18(26)11-29-24(17)19(27)9-15)4-6-32-7-5-20(21(33)12-32)28-10-14-2-3-22-25(30-14)31-23(34)13-36-22;;/h2-3,8-9,11,20-21,28,33H,4-7,10,12-13H2,1H3,(H,30,31,34);2*1H/t20-,21-;;/m0../s1. The number of nitrogens with one attached hydrogen (secondary N) is 2. The highest BCUT2D eigenvalue weighted by Crippen LogP contribution is 2.31. The third kappa shape index (κ3) is 6.80. The Hall–Kier alpha value is -1.92. The number of carbonyl (C=O) groups excluding carboxylic acids is 1. The van der Waals surface area contributed by atoms with Crippen LogP contribution >= 0.6 is 48.2 Å². The summed E-state index contributed by atoms with van der Waals surface area (Å²) in [6, 6.07) is 6.93. The minimum atomic E-state index is -0.547. The lowest BCUT2D eigenvalue weighted by Gasteiger charge is -2.36. The number of anilines is 1. The molecule has 2 atom stereocenters. The molecule has 2 aliphatic rings. The molecule has 8 nitrogen and oxygen atoms in total. The Balaban J connectivity index is 0.00000200. The van der Waals surface area contributed by atoms with E-state index in [1.54, 1.807) is 6.07 Å². The molecule has 3 aromatic rings. The first kappa shape index (κ1) is 30.6. The number of aliphatic hydroxyl groups is 1. The van der Waals surface area contributed by atoms with Crippen molar-refractivity contribution in [3.8, 4) is 5.75 Å². The first-order valence-corrected chi connectivity index (χ1v) is 13.1. The molecule has 0 aliphatic carbocycles. The van der Waals surface area contributed by atoms with Crippen LogP contribution in [0.15, 0.2) is 35.4 Å². The van der Waals surface area contributed by atoms with Crippen LogP contribution in [0.3, 0.4) is 0 Å². The number of carbonyl (C=O) groups is 1. The highest BCUT2D eigenvalue weighted by Gasteiger charge is 2.28. The number of hydrogen-bond acceptors (Lipinski definition) is 8. The van der Waals surface area contributed by atoms with E-state index in [9.17, 15) is 14.3 Å². The monoisotopic (exact) mass is 603 g/mol. The zero-order valence-electron chi connectivity index (χ0n) is 20.6. The summed E-state index contributed by atoms with van der Waals surface area (Å²) in [4.78, 5) is 23.5.